The Morgan fingerprint density at radius 3 is 3.12 bits per heavy atom. The predicted molar refractivity (Wildman–Crippen MR) is 56.3 cm³/mol. The first-order valence-corrected chi connectivity index (χ1v) is 4.93. The summed E-state index contributed by atoms with van der Waals surface area (Å²) >= 11 is 0. The molecular weight excluding hydrogens is 230 g/mol. The summed E-state index contributed by atoms with van der Waals surface area (Å²) in [6.45, 7) is 0.970. The van der Waals surface area contributed by atoms with E-state index in [1.807, 2.05) is 0 Å². The Morgan fingerprint density at radius 2 is 2.53 bits per heavy atom. The van der Waals surface area contributed by atoms with E-state index in [9.17, 15) is 10.1 Å². The second-order valence-electron chi connectivity index (χ2n) is 3.39. The van der Waals surface area contributed by atoms with Crippen molar-refractivity contribution < 1.29 is 14.4 Å². The molecule has 1 fully saturated rings. The molecule has 0 aromatic carbocycles. The van der Waals surface area contributed by atoms with Crippen molar-refractivity contribution in [3.8, 4) is 5.88 Å². The molecule has 0 spiro atoms. The molecule has 1 aliphatic rings. The normalized spacial score (nSPS) is 19.0. The third-order valence-corrected chi connectivity index (χ3v) is 2.23. The third kappa shape index (κ3) is 2.57. The highest BCUT2D eigenvalue weighted by Crippen LogP contribution is 2.26. The van der Waals surface area contributed by atoms with Gasteiger partial charge in [0.1, 0.15) is 12.3 Å². The summed E-state index contributed by atoms with van der Waals surface area (Å²) in [6.07, 6.45) is 1.49. The highest BCUT2D eigenvalue weighted by atomic mass is 16.6. The second-order valence-corrected chi connectivity index (χ2v) is 3.39. The quantitative estimate of drug-likeness (QED) is 0.423. The smallest absolute Gasteiger partial charge is 0.349 e. The summed E-state index contributed by atoms with van der Waals surface area (Å²) in [6, 6.07) is 0. The van der Waals surface area contributed by atoms with Gasteiger partial charge in [0.05, 0.1) is 18.1 Å². The van der Waals surface area contributed by atoms with Crippen molar-refractivity contribution >= 4 is 11.6 Å². The lowest BCUT2D eigenvalue weighted by molar-refractivity contribution is -0.386. The van der Waals surface area contributed by atoms with E-state index < -0.39 is 4.92 Å². The lowest BCUT2D eigenvalue weighted by Crippen LogP contribution is -2.19. The van der Waals surface area contributed by atoms with Gasteiger partial charge in [-0.1, -0.05) is 0 Å². The number of ether oxygens (including phenoxy) is 2. The third-order valence-electron chi connectivity index (χ3n) is 2.23. The average Bonchev–Trinajstić information content (AvgIpc) is 2.81. The number of rotatable bonds is 4. The first-order chi connectivity index (χ1) is 8.20. The van der Waals surface area contributed by atoms with E-state index >= 15 is 0 Å². The summed E-state index contributed by atoms with van der Waals surface area (Å²) in [5.41, 5.74) is 1.91. The largest absolute Gasteiger partial charge is 0.467 e. The fourth-order valence-corrected chi connectivity index (χ4v) is 1.41. The minimum Gasteiger partial charge on any atom is -0.467 e. The molecule has 1 aromatic rings. The SMILES string of the molecule is NNc1ncc([N+](=O)[O-])c(OC2CCOC2)n1. The summed E-state index contributed by atoms with van der Waals surface area (Å²) in [5, 5.41) is 10.8. The van der Waals surface area contributed by atoms with Crippen LogP contribution < -0.4 is 16.0 Å². The average molecular weight is 241 g/mol. The summed E-state index contributed by atoms with van der Waals surface area (Å²) < 4.78 is 10.5. The molecule has 1 unspecified atom stereocenters. The van der Waals surface area contributed by atoms with E-state index in [4.69, 9.17) is 15.3 Å². The van der Waals surface area contributed by atoms with Gasteiger partial charge in [0.2, 0.25) is 5.95 Å². The maximum Gasteiger partial charge on any atom is 0.349 e. The zero-order valence-electron chi connectivity index (χ0n) is 8.83. The van der Waals surface area contributed by atoms with Crippen LogP contribution >= 0.6 is 0 Å². The molecule has 9 nitrogen and oxygen atoms in total. The molecule has 2 heterocycles. The first-order valence-electron chi connectivity index (χ1n) is 4.93. The van der Waals surface area contributed by atoms with Gasteiger partial charge in [-0.05, 0) is 0 Å². The zero-order chi connectivity index (χ0) is 12.3. The van der Waals surface area contributed by atoms with Crippen molar-refractivity contribution in [3.63, 3.8) is 0 Å². The highest BCUT2D eigenvalue weighted by Gasteiger charge is 2.24. The molecule has 3 N–H and O–H groups in total. The van der Waals surface area contributed by atoms with Gasteiger partial charge >= 0.3 is 5.69 Å². The molecule has 9 heteroatoms. The van der Waals surface area contributed by atoms with Crippen LogP contribution in [0, 0.1) is 10.1 Å². The Kier molecular flexibility index (Phi) is 3.30. The number of nitro groups is 1. The fourth-order valence-electron chi connectivity index (χ4n) is 1.41. The van der Waals surface area contributed by atoms with Crippen LogP contribution in [0.4, 0.5) is 11.6 Å². The second kappa shape index (κ2) is 4.89. The van der Waals surface area contributed by atoms with Crippen LogP contribution in [0.25, 0.3) is 0 Å². The summed E-state index contributed by atoms with van der Waals surface area (Å²) in [5.74, 6) is 5.08. The van der Waals surface area contributed by atoms with E-state index in [-0.39, 0.29) is 23.6 Å². The fraction of sp³-hybridized carbons (Fsp3) is 0.500. The van der Waals surface area contributed by atoms with Crippen LogP contribution in [0.5, 0.6) is 5.88 Å². The Morgan fingerprint density at radius 1 is 1.71 bits per heavy atom. The zero-order valence-corrected chi connectivity index (χ0v) is 8.83. The van der Waals surface area contributed by atoms with Gasteiger partial charge in [0.25, 0.3) is 5.88 Å². The molecule has 0 aliphatic carbocycles. The number of nitrogens with zero attached hydrogens (tertiary/aromatic N) is 3. The van der Waals surface area contributed by atoms with Crippen LogP contribution in [0.3, 0.4) is 0 Å². The van der Waals surface area contributed by atoms with E-state index in [0.717, 1.165) is 6.20 Å². The minimum atomic E-state index is -0.606. The number of nitrogen functional groups attached to an aromatic ring is 1. The van der Waals surface area contributed by atoms with Crippen LogP contribution in [0.15, 0.2) is 6.20 Å². The maximum atomic E-state index is 10.8. The molecule has 0 radical (unpaired) electrons. The van der Waals surface area contributed by atoms with Crippen molar-refractivity contribution in [1.82, 2.24) is 9.97 Å². The van der Waals surface area contributed by atoms with Gasteiger partial charge in [-0.15, -0.1) is 0 Å². The van der Waals surface area contributed by atoms with Crippen molar-refractivity contribution in [3.05, 3.63) is 16.3 Å². The Balaban J connectivity index is 2.24. The number of hydrogen-bond acceptors (Lipinski definition) is 8. The summed E-state index contributed by atoms with van der Waals surface area (Å²) in [4.78, 5) is 17.6. The molecule has 2 rings (SSSR count). The topological polar surface area (TPSA) is 125 Å². The molecule has 0 amide bonds. The van der Waals surface area contributed by atoms with E-state index in [2.05, 4.69) is 15.4 Å². The van der Waals surface area contributed by atoms with Crippen LogP contribution in [-0.4, -0.2) is 34.2 Å². The van der Waals surface area contributed by atoms with Gasteiger partial charge in [-0.3, -0.25) is 15.5 Å². The number of nitrogens with two attached hydrogens (primary N) is 1. The number of anilines is 1. The van der Waals surface area contributed by atoms with E-state index in [1.54, 1.807) is 0 Å². The van der Waals surface area contributed by atoms with Crippen molar-refractivity contribution in [2.75, 3.05) is 18.6 Å². The molecule has 0 saturated carbocycles. The predicted octanol–water partition coefficient (Wildman–Crippen LogP) is -0.162. The van der Waals surface area contributed by atoms with Crippen LogP contribution in [-0.2, 0) is 4.74 Å². The standard InChI is InChI=1S/C8H11N5O4/c9-12-8-10-3-6(13(14)15)7(11-8)17-5-1-2-16-4-5/h3,5H,1-2,4,9H2,(H,10,11,12). The minimum absolute atomic E-state index is 0.0597. The number of hydrogen-bond donors (Lipinski definition) is 2. The lowest BCUT2D eigenvalue weighted by Gasteiger charge is -2.11. The van der Waals surface area contributed by atoms with Gasteiger partial charge in [0, 0.05) is 6.42 Å². The van der Waals surface area contributed by atoms with Crippen LogP contribution in [0.1, 0.15) is 6.42 Å². The number of nitrogens with one attached hydrogen (secondary N) is 1. The van der Waals surface area contributed by atoms with Crippen molar-refractivity contribution in [2.24, 2.45) is 5.84 Å². The molecule has 1 aliphatic heterocycles. The summed E-state index contributed by atoms with van der Waals surface area (Å²) in [7, 11) is 0. The monoisotopic (exact) mass is 241 g/mol. The van der Waals surface area contributed by atoms with E-state index in [1.165, 1.54) is 0 Å². The molecular formula is C8H11N5O4. The first kappa shape index (κ1) is 11.5. The highest BCUT2D eigenvalue weighted by molar-refractivity contribution is 5.42. The molecule has 17 heavy (non-hydrogen) atoms. The molecule has 92 valence electrons. The van der Waals surface area contributed by atoms with Gasteiger partial charge in [-0.2, -0.15) is 4.98 Å². The van der Waals surface area contributed by atoms with Gasteiger partial charge in [0.15, 0.2) is 0 Å². The lowest BCUT2D eigenvalue weighted by atomic mass is 10.3. The maximum absolute atomic E-state index is 10.8. The van der Waals surface area contributed by atoms with Crippen molar-refractivity contribution in [2.45, 2.75) is 12.5 Å². The molecule has 0 bridgehead atoms. The Labute approximate surface area is 96.1 Å². The number of hydrazine groups is 1. The number of aromatic nitrogens is 2. The Bertz CT molecular complexity index is 420. The van der Waals surface area contributed by atoms with E-state index in [0.29, 0.717) is 19.6 Å². The van der Waals surface area contributed by atoms with Crippen LogP contribution in [0.2, 0.25) is 0 Å². The molecule has 1 saturated heterocycles. The van der Waals surface area contributed by atoms with Gasteiger partial charge in [-0.25, -0.2) is 10.8 Å². The molecule has 1 atom stereocenters. The Hall–Kier alpha value is -2.00. The van der Waals surface area contributed by atoms with Crippen molar-refractivity contribution in [1.29, 1.82) is 0 Å². The molecule has 1 aromatic heterocycles. The van der Waals surface area contributed by atoms with Gasteiger partial charge < -0.3 is 9.47 Å².